The summed E-state index contributed by atoms with van der Waals surface area (Å²) in [6, 6.07) is 17.8. The van der Waals surface area contributed by atoms with Crippen molar-refractivity contribution in [2.75, 3.05) is 0 Å². The summed E-state index contributed by atoms with van der Waals surface area (Å²) < 4.78 is 0. The maximum atomic E-state index is 2.36. The summed E-state index contributed by atoms with van der Waals surface area (Å²) in [6.45, 7) is 6.72. The van der Waals surface area contributed by atoms with Crippen molar-refractivity contribution in [1.29, 1.82) is 0 Å². The van der Waals surface area contributed by atoms with Gasteiger partial charge in [0.15, 0.2) is 0 Å². The molecule has 0 nitrogen and oxygen atoms in total. The van der Waals surface area contributed by atoms with Gasteiger partial charge in [0, 0.05) is 0 Å². The van der Waals surface area contributed by atoms with Gasteiger partial charge in [-0.3, -0.25) is 0 Å². The van der Waals surface area contributed by atoms with Gasteiger partial charge in [-0.15, -0.1) is 0 Å². The van der Waals surface area contributed by atoms with E-state index in [0.717, 1.165) is 0 Å². The third kappa shape index (κ3) is 1.69. The molecule has 0 heterocycles. The van der Waals surface area contributed by atoms with Crippen molar-refractivity contribution in [1.82, 2.24) is 0 Å². The first kappa shape index (κ1) is 11.3. The summed E-state index contributed by atoms with van der Waals surface area (Å²) in [7, 11) is 0. The quantitative estimate of drug-likeness (QED) is 0.493. The topological polar surface area (TPSA) is 0 Å². The maximum Gasteiger partial charge on any atom is -0.00999 e. The molecule has 0 fully saturated rings. The molecule has 3 rings (SSSR count). The van der Waals surface area contributed by atoms with Gasteiger partial charge in [-0.1, -0.05) is 62.4 Å². The van der Waals surface area contributed by atoms with Crippen molar-refractivity contribution in [2.24, 2.45) is 0 Å². The van der Waals surface area contributed by atoms with Crippen LogP contribution < -0.4 is 0 Å². The minimum atomic E-state index is 0.576. The van der Waals surface area contributed by atoms with Crippen LogP contribution in [0, 0.1) is 6.92 Å². The SMILES string of the molecule is Cc1cc(C(C)C)cc2c1ccc1ccccc12. The van der Waals surface area contributed by atoms with Crippen LogP contribution in [0.25, 0.3) is 21.5 Å². The molecule has 0 amide bonds. The molecule has 0 N–H and O–H groups in total. The van der Waals surface area contributed by atoms with Gasteiger partial charge in [0.2, 0.25) is 0 Å². The summed E-state index contributed by atoms with van der Waals surface area (Å²) >= 11 is 0. The molecular weight excluding hydrogens is 216 g/mol. The number of fused-ring (bicyclic) bond motifs is 3. The van der Waals surface area contributed by atoms with E-state index in [1.54, 1.807) is 0 Å². The van der Waals surface area contributed by atoms with Crippen molar-refractivity contribution in [3.63, 3.8) is 0 Å². The Morgan fingerprint density at radius 1 is 0.778 bits per heavy atom. The van der Waals surface area contributed by atoms with Gasteiger partial charge < -0.3 is 0 Å². The number of rotatable bonds is 1. The predicted octanol–water partition coefficient (Wildman–Crippen LogP) is 5.42. The Hall–Kier alpha value is -1.82. The van der Waals surface area contributed by atoms with E-state index in [1.165, 1.54) is 32.7 Å². The number of aryl methyl sites for hydroxylation is 1. The molecule has 0 unspecified atom stereocenters. The first-order chi connectivity index (χ1) is 8.66. The lowest BCUT2D eigenvalue weighted by Gasteiger charge is -2.12. The van der Waals surface area contributed by atoms with Crippen LogP contribution >= 0.6 is 0 Å². The highest BCUT2D eigenvalue weighted by Crippen LogP contribution is 2.30. The minimum absolute atomic E-state index is 0.576. The van der Waals surface area contributed by atoms with E-state index in [-0.39, 0.29) is 0 Å². The Kier molecular flexibility index (Phi) is 2.59. The second-order valence-corrected chi connectivity index (χ2v) is 5.37. The Labute approximate surface area is 108 Å². The van der Waals surface area contributed by atoms with Crippen LogP contribution in [0.2, 0.25) is 0 Å². The molecule has 0 radical (unpaired) electrons. The highest BCUT2D eigenvalue weighted by atomic mass is 14.1. The van der Waals surface area contributed by atoms with E-state index in [0.29, 0.717) is 5.92 Å². The normalized spacial score (nSPS) is 11.6. The van der Waals surface area contributed by atoms with Crippen LogP contribution in [0.4, 0.5) is 0 Å². The average Bonchev–Trinajstić information content (AvgIpc) is 2.38. The summed E-state index contributed by atoms with van der Waals surface area (Å²) in [6.07, 6.45) is 0. The largest absolute Gasteiger partial charge is 0.0616 e. The summed E-state index contributed by atoms with van der Waals surface area (Å²) in [5.41, 5.74) is 2.80. The molecule has 90 valence electrons. The van der Waals surface area contributed by atoms with Gasteiger partial charge in [0.25, 0.3) is 0 Å². The fourth-order valence-corrected chi connectivity index (χ4v) is 2.66. The smallest absolute Gasteiger partial charge is 0.00999 e. The average molecular weight is 234 g/mol. The number of benzene rings is 3. The van der Waals surface area contributed by atoms with Crippen LogP contribution in [0.1, 0.15) is 30.9 Å². The highest BCUT2D eigenvalue weighted by molar-refractivity contribution is 6.08. The van der Waals surface area contributed by atoms with Crippen molar-refractivity contribution >= 4 is 21.5 Å². The molecule has 3 aromatic rings. The Morgan fingerprint density at radius 2 is 1.56 bits per heavy atom. The molecule has 3 aromatic carbocycles. The lowest BCUT2D eigenvalue weighted by atomic mass is 9.93. The molecular formula is C18H18. The molecule has 0 aliphatic heterocycles. The van der Waals surface area contributed by atoms with Crippen LogP contribution in [0.15, 0.2) is 48.5 Å². The van der Waals surface area contributed by atoms with Crippen LogP contribution in [-0.4, -0.2) is 0 Å². The zero-order chi connectivity index (χ0) is 12.7. The monoisotopic (exact) mass is 234 g/mol. The van der Waals surface area contributed by atoms with Crippen molar-refractivity contribution in [3.05, 3.63) is 59.7 Å². The standard InChI is InChI=1S/C18H18/c1-12(2)15-10-13(3)16-9-8-14-6-4-5-7-17(14)18(16)11-15/h4-12H,1-3H3. The van der Waals surface area contributed by atoms with E-state index < -0.39 is 0 Å². The lowest BCUT2D eigenvalue weighted by Crippen LogP contribution is -1.90. The van der Waals surface area contributed by atoms with E-state index in [9.17, 15) is 0 Å². The molecule has 0 heteroatoms. The molecule has 0 aliphatic carbocycles. The van der Waals surface area contributed by atoms with Gasteiger partial charge in [-0.2, -0.15) is 0 Å². The molecule has 0 aromatic heterocycles. The third-order valence-corrected chi connectivity index (χ3v) is 3.76. The maximum absolute atomic E-state index is 2.36. The van der Waals surface area contributed by atoms with E-state index in [4.69, 9.17) is 0 Å². The van der Waals surface area contributed by atoms with E-state index in [1.807, 2.05) is 0 Å². The van der Waals surface area contributed by atoms with Crippen molar-refractivity contribution < 1.29 is 0 Å². The minimum Gasteiger partial charge on any atom is -0.0616 e. The Balaban J connectivity index is 2.48. The van der Waals surface area contributed by atoms with Crippen LogP contribution in [0.3, 0.4) is 0 Å². The first-order valence-electron chi connectivity index (χ1n) is 6.59. The predicted molar refractivity (Wildman–Crippen MR) is 80.3 cm³/mol. The number of hydrogen-bond donors (Lipinski definition) is 0. The van der Waals surface area contributed by atoms with Gasteiger partial charge >= 0.3 is 0 Å². The molecule has 0 saturated carbocycles. The lowest BCUT2D eigenvalue weighted by molar-refractivity contribution is 0.867. The van der Waals surface area contributed by atoms with E-state index in [2.05, 4.69) is 69.3 Å². The molecule has 0 atom stereocenters. The zero-order valence-electron chi connectivity index (χ0n) is 11.2. The molecule has 0 aliphatic rings. The third-order valence-electron chi connectivity index (χ3n) is 3.76. The Morgan fingerprint density at radius 3 is 2.33 bits per heavy atom. The molecule has 0 bridgehead atoms. The molecule has 0 spiro atoms. The fourth-order valence-electron chi connectivity index (χ4n) is 2.66. The molecule has 18 heavy (non-hydrogen) atoms. The zero-order valence-corrected chi connectivity index (χ0v) is 11.2. The van der Waals surface area contributed by atoms with Gasteiger partial charge in [-0.25, -0.2) is 0 Å². The van der Waals surface area contributed by atoms with E-state index >= 15 is 0 Å². The van der Waals surface area contributed by atoms with Crippen LogP contribution in [0.5, 0.6) is 0 Å². The highest BCUT2D eigenvalue weighted by Gasteiger charge is 2.06. The fraction of sp³-hybridized carbons (Fsp3) is 0.222. The van der Waals surface area contributed by atoms with Gasteiger partial charge in [0.1, 0.15) is 0 Å². The molecule has 0 saturated heterocycles. The summed E-state index contributed by atoms with van der Waals surface area (Å²) in [5.74, 6) is 0.576. The van der Waals surface area contributed by atoms with Crippen molar-refractivity contribution in [2.45, 2.75) is 26.7 Å². The van der Waals surface area contributed by atoms with Crippen molar-refractivity contribution in [3.8, 4) is 0 Å². The first-order valence-corrected chi connectivity index (χ1v) is 6.59. The van der Waals surface area contributed by atoms with Gasteiger partial charge in [0.05, 0.1) is 0 Å². The second kappa shape index (κ2) is 4.13. The summed E-state index contributed by atoms with van der Waals surface area (Å²) in [5, 5.41) is 5.45. The van der Waals surface area contributed by atoms with Gasteiger partial charge in [-0.05, 0) is 45.5 Å². The second-order valence-electron chi connectivity index (χ2n) is 5.37. The number of hydrogen-bond acceptors (Lipinski definition) is 0. The van der Waals surface area contributed by atoms with Crippen LogP contribution in [-0.2, 0) is 0 Å². The summed E-state index contributed by atoms with van der Waals surface area (Å²) in [4.78, 5) is 0. The Bertz CT molecular complexity index is 721.